The highest BCUT2D eigenvalue weighted by molar-refractivity contribution is 8.25. The van der Waals surface area contributed by atoms with E-state index in [1.807, 2.05) is 0 Å². The van der Waals surface area contributed by atoms with Crippen molar-refractivity contribution >= 4 is 28.4 Å². The number of ether oxygens (including phenoxy) is 1. The molecular formula is C6H9NOS2. The zero-order chi connectivity index (χ0) is 7.19. The Morgan fingerprint density at radius 1 is 1.80 bits per heavy atom. The number of hydrogen-bond acceptors (Lipinski definition) is 4. The van der Waals surface area contributed by atoms with Gasteiger partial charge < -0.3 is 4.74 Å². The molecule has 0 aliphatic carbocycles. The van der Waals surface area contributed by atoms with Crippen LogP contribution in [0.4, 0.5) is 0 Å². The fourth-order valence-electron chi connectivity index (χ4n) is 1.43. The molecule has 0 aromatic rings. The van der Waals surface area contributed by atoms with Gasteiger partial charge in [0.1, 0.15) is 0 Å². The normalized spacial score (nSPS) is 39.9. The van der Waals surface area contributed by atoms with Gasteiger partial charge in [-0.25, -0.2) is 0 Å². The van der Waals surface area contributed by atoms with Crippen LogP contribution in [0.15, 0.2) is 0 Å². The van der Waals surface area contributed by atoms with Gasteiger partial charge in [0, 0.05) is 13.0 Å². The van der Waals surface area contributed by atoms with Crippen molar-refractivity contribution in [3.63, 3.8) is 0 Å². The smallest absolute Gasteiger partial charge is 0.227 e. The van der Waals surface area contributed by atoms with Crippen molar-refractivity contribution in [3.05, 3.63) is 0 Å². The lowest BCUT2D eigenvalue weighted by molar-refractivity contribution is 0.0255. The molecule has 0 N–H and O–H groups in total. The predicted molar refractivity (Wildman–Crippen MR) is 45.9 cm³/mol. The van der Waals surface area contributed by atoms with Gasteiger partial charge in [-0.1, -0.05) is 0 Å². The van der Waals surface area contributed by atoms with Crippen molar-refractivity contribution in [3.8, 4) is 0 Å². The molecule has 1 unspecified atom stereocenters. The van der Waals surface area contributed by atoms with Gasteiger partial charge in [-0.3, -0.25) is 4.90 Å². The van der Waals surface area contributed by atoms with Gasteiger partial charge in [-0.05, 0) is 37.4 Å². The van der Waals surface area contributed by atoms with Crippen LogP contribution in [-0.4, -0.2) is 27.9 Å². The molecule has 2 nitrogen and oxygen atoms in total. The Balaban J connectivity index is 2.09. The molecule has 1 atom stereocenters. The standard InChI is InChI=1S/C6H9NOS2/c1-7-4-2-3-6(7)8-5(9)10-6/h2-4H2,1H3. The van der Waals surface area contributed by atoms with E-state index in [0.717, 1.165) is 13.0 Å². The monoisotopic (exact) mass is 175 g/mol. The number of hydrogen-bond donors (Lipinski definition) is 0. The highest BCUT2D eigenvalue weighted by Gasteiger charge is 2.50. The summed E-state index contributed by atoms with van der Waals surface area (Å²) in [5.74, 6) is 0. The summed E-state index contributed by atoms with van der Waals surface area (Å²) in [6.45, 7) is 1.13. The van der Waals surface area contributed by atoms with Crippen molar-refractivity contribution in [1.82, 2.24) is 4.90 Å². The zero-order valence-electron chi connectivity index (χ0n) is 5.79. The number of nitrogens with zero attached hydrogens (tertiary/aromatic N) is 1. The largest absolute Gasteiger partial charge is 0.446 e. The predicted octanol–water partition coefficient (Wildman–Crippen LogP) is 1.41. The maximum atomic E-state index is 5.42. The summed E-state index contributed by atoms with van der Waals surface area (Å²) in [7, 11) is 2.09. The summed E-state index contributed by atoms with van der Waals surface area (Å²) < 4.78 is 6.12. The molecule has 0 aromatic carbocycles. The second-order valence-corrected chi connectivity index (χ2v) is 4.53. The Labute approximate surface area is 69.9 Å². The minimum atomic E-state index is -0.0446. The van der Waals surface area contributed by atoms with E-state index in [9.17, 15) is 0 Å². The van der Waals surface area contributed by atoms with E-state index in [2.05, 4.69) is 11.9 Å². The average molecular weight is 175 g/mol. The van der Waals surface area contributed by atoms with E-state index in [-0.39, 0.29) is 5.06 Å². The van der Waals surface area contributed by atoms with Crippen molar-refractivity contribution in [2.45, 2.75) is 17.9 Å². The van der Waals surface area contributed by atoms with E-state index in [0.29, 0.717) is 4.38 Å². The molecule has 0 aromatic heterocycles. The fraction of sp³-hybridized carbons (Fsp3) is 0.833. The second-order valence-electron chi connectivity index (χ2n) is 2.69. The number of rotatable bonds is 0. The third kappa shape index (κ3) is 0.790. The van der Waals surface area contributed by atoms with Crippen molar-refractivity contribution in [2.75, 3.05) is 13.6 Å². The number of thioether (sulfide) groups is 1. The van der Waals surface area contributed by atoms with Crippen LogP contribution in [0.25, 0.3) is 0 Å². The van der Waals surface area contributed by atoms with E-state index >= 15 is 0 Å². The van der Waals surface area contributed by atoms with E-state index in [4.69, 9.17) is 17.0 Å². The molecule has 0 amide bonds. The van der Waals surface area contributed by atoms with Crippen LogP contribution in [-0.2, 0) is 4.74 Å². The Hall–Kier alpha value is 0.200. The van der Waals surface area contributed by atoms with Crippen LogP contribution >= 0.6 is 24.0 Å². The average Bonchev–Trinajstić information content (AvgIpc) is 2.12. The first-order valence-electron chi connectivity index (χ1n) is 3.36. The molecule has 0 bridgehead atoms. The van der Waals surface area contributed by atoms with Crippen molar-refractivity contribution < 1.29 is 4.74 Å². The summed E-state index contributed by atoms with van der Waals surface area (Å²) in [6, 6.07) is 0. The highest BCUT2D eigenvalue weighted by Crippen LogP contribution is 2.48. The maximum Gasteiger partial charge on any atom is 0.227 e. The van der Waals surface area contributed by atoms with Crippen molar-refractivity contribution in [2.24, 2.45) is 0 Å². The summed E-state index contributed by atoms with van der Waals surface area (Å²) >= 11 is 6.54. The SMILES string of the molecule is CN1CCCC12OC(=S)S2. The van der Waals surface area contributed by atoms with Crippen LogP contribution in [0.2, 0.25) is 0 Å². The Morgan fingerprint density at radius 2 is 2.50 bits per heavy atom. The summed E-state index contributed by atoms with van der Waals surface area (Å²) in [5.41, 5.74) is 0. The quantitative estimate of drug-likeness (QED) is 0.516. The van der Waals surface area contributed by atoms with Crippen LogP contribution in [0.5, 0.6) is 0 Å². The second kappa shape index (κ2) is 2.09. The lowest BCUT2D eigenvalue weighted by Crippen LogP contribution is -2.49. The highest BCUT2D eigenvalue weighted by atomic mass is 32.2. The van der Waals surface area contributed by atoms with Crippen LogP contribution in [0, 0.1) is 0 Å². The minimum absolute atomic E-state index is 0.0446. The van der Waals surface area contributed by atoms with Gasteiger partial charge in [-0.15, -0.1) is 0 Å². The topological polar surface area (TPSA) is 12.5 Å². The molecule has 2 fully saturated rings. The van der Waals surface area contributed by atoms with Gasteiger partial charge in [0.2, 0.25) is 9.44 Å². The third-order valence-electron chi connectivity index (χ3n) is 2.05. The minimum Gasteiger partial charge on any atom is -0.446 e. The van der Waals surface area contributed by atoms with Gasteiger partial charge in [0.25, 0.3) is 0 Å². The van der Waals surface area contributed by atoms with Gasteiger partial charge in [-0.2, -0.15) is 0 Å². The number of thiocarbonyl (C=S) groups is 1. The molecule has 2 aliphatic heterocycles. The lowest BCUT2D eigenvalue weighted by atomic mass is 10.3. The summed E-state index contributed by atoms with van der Waals surface area (Å²) in [4.78, 5) is 2.23. The van der Waals surface area contributed by atoms with Crippen LogP contribution in [0.1, 0.15) is 12.8 Å². The van der Waals surface area contributed by atoms with Crippen LogP contribution < -0.4 is 0 Å². The zero-order valence-corrected chi connectivity index (χ0v) is 7.43. The molecule has 2 heterocycles. The van der Waals surface area contributed by atoms with Gasteiger partial charge >= 0.3 is 0 Å². The molecule has 2 saturated heterocycles. The maximum absolute atomic E-state index is 5.42. The molecule has 0 saturated carbocycles. The molecule has 2 rings (SSSR count). The lowest BCUT2D eigenvalue weighted by Gasteiger charge is -2.42. The molecule has 2 aliphatic rings. The van der Waals surface area contributed by atoms with Gasteiger partial charge in [0.15, 0.2) is 0 Å². The van der Waals surface area contributed by atoms with Crippen LogP contribution in [0.3, 0.4) is 0 Å². The Bertz CT molecular complexity index is 175. The van der Waals surface area contributed by atoms with E-state index < -0.39 is 0 Å². The summed E-state index contributed by atoms with van der Waals surface area (Å²) in [6.07, 6.45) is 2.35. The molecule has 0 radical (unpaired) electrons. The first-order valence-corrected chi connectivity index (χ1v) is 4.59. The summed E-state index contributed by atoms with van der Waals surface area (Å²) in [5, 5.41) is -0.0446. The molecule has 10 heavy (non-hydrogen) atoms. The molecule has 1 spiro atoms. The Morgan fingerprint density at radius 3 is 2.90 bits per heavy atom. The first-order chi connectivity index (χ1) is 4.73. The van der Waals surface area contributed by atoms with E-state index in [1.54, 1.807) is 11.8 Å². The molecule has 4 heteroatoms. The molecular weight excluding hydrogens is 166 g/mol. The first kappa shape index (κ1) is 6.88. The third-order valence-corrected chi connectivity index (χ3v) is 3.55. The molecule has 56 valence electrons. The number of likely N-dealkylation sites (tertiary alicyclic amines) is 1. The van der Waals surface area contributed by atoms with Crippen molar-refractivity contribution in [1.29, 1.82) is 0 Å². The van der Waals surface area contributed by atoms with E-state index in [1.165, 1.54) is 6.42 Å². The fourth-order valence-corrected chi connectivity index (χ4v) is 2.95. The van der Waals surface area contributed by atoms with Gasteiger partial charge in [0.05, 0.1) is 0 Å². The Kier molecular flexibility index (Phi) is 1.44.